The first kappa shape index (κ1) is 19.6. The Hall–Kier alpha value is -1.72. The van der Waals surface area contributed by atoms with E-state index in [1.54, 1.807) is 0 Å². The molecule has 1 fully saturated rings. The van der Waals surface area contributed by atoms with Crippen LogP contribution in [0.3, 0.4) is 0 Å². The van der Waals surface area contributed by atoms with Gasteiger partial charge in [0.15, 0.2) is 11.6 Å². The Labute approximate surface area is 154 Å². The van der Waals surface area contributed by atoms with Gasteiger partial charge in [0.2, 0.25) is 5.89 Å². The SMILES string of the molecule is CCCc1ccc(C(=O)CCc2nc(C3(N)CCCC3)no2)cc1.Cl. The molecule has 0 saturated heterocycles. The third-order valence-corrected chi connectivity index (χ3v) is 4.79. The van der Waals surface area contributed by atoms with E-state index in [0.29, 0.717) is 24.6 Å². The fraction of sp³-hybridized carbons (Fsp3) is 0.526. The summed E-state index contributed by atoms with van der Waals surface area (Å²) in [5.41, 5.74) is 7.88. The van der Waals surface area contributed by atoms with Crippen molar-refractivity contribution in [1.29, 1.82) is 0 Å². The Morgan fingerprint density at radius 2 is 1.88 bits per heavy atom. The zero-order valence-corrected chi connectivity index (χ0v) is 15.5. The molecule has 1 aromatic heterocycles. The lowest BCUT2D eigenvalue weighted by Crippen LogP contribution is -2.34. The normalized spacial score (nSPS) is 15.8. The van der Waals surface area contributed by atoms with Gasteiger partial charge in [-0.05, 0) is 24.8 Å². The van der Waals surface area contributed by atoms with Crippen LogP contribution in [0.4, 0.5) is 0 Å². The van der Waals surface area contributed by atoms with Crippen molar-refractivity contribution in [3.05, 3.63) is 47.1 Å². The molecule has 0 bridgehead atoms. The Morgan fingerprint density at radius 1 is 1.20 bits per heavy atom. The van der Waals surface area contributed by atoms with E-state index in [-0.39, 0.29) is 18.2 Å². The molecule has 1 aliphatic carbocycles. The smallest absolute Gasteiger partial charge is 0.227 e. The average molecular weight is 364 g/mol. The van der Waals surface area contributed by atoms with Crippen LogP contribution in [0.1, 0.15) is 73.1 Å². The van der Waals surface area contributed by atoms with Crippen molar-refractivity contribution < 1.29 is 9.32 Å². The van der Waals surface area contributed by atoms with Gasteiger partial charge in [0, 0.05) is 18.4 Å². The average Bonchev–Trinajstić information content (AvgIpc) is 3.24. The van der Waals surface area contributed by atoms with Crippen molar-refractivity contribution in [2.75, 3.05) is 0 Å². The summed E-state index contributed by atoms with van der Waals surface area (Å²) < 4.78 is 5.29. The summed E-state index contributed by atoms with van der Waals surface area (Å²) in [6, 6.07) is 7.86. The minimum absolute atomic E-state index is 0. The first-order chi connectivity index (χ1) is 11.6. The van der Waals surface area contributed by atoms with Gasteiger partial charge in [-0.1, -0.05) is 55.6 Å². The van der Waals surface area contributed by atoms with Gasteiger partial charge in [0.1, 0.15) is 0 Å². The van der Waals surface area contributed by atoms with Gasteiger partial charge < -0.3 is 10.3 Å². The van der Waals surface area contributed by atoms with Gasteiger partial charge in [0.05, 0.1) is 5.54 Å². The standard InChI is InChI=1S/C19H25N3O2.ClH/c1-2-5-14-6-8-15(9-7-14)16(23)10-11-17-21-18(22-24-17)19(20)12-3-4-13-19;/h6-9H,2-5,10-13,20H2,1H3;1H. The number of aryl methyl sites for hydroxylation is 2. The topological polar surface area (TPSA) is 82.0 Å². The number of ketones is 1. The molecule has 0 aliphatic heterocycles. The molecule has 2 aromatic rings. The summed E-state index contributed by atoms with van der Waals surface area (Å²) >= 11 is 0. The number of aromatic nitrogens is 2. The highest BCUT2D eigenvalue weighted by Gasteiger charge is 2.35. The van der Waals surface area contributed by atoms with Gasteiger partial charge in [-0.2, -0.15) is 4.98 Å². The number of benzene rings is 1. The Balaban J connectivity index is 0.00000225. The molecule has 25 heavy (non-hydrogen) atoms. The molecular formula is C19H26ClN3O2. The van der Waals surface area contributed by atoms with Crippen LogP contribution in [-0.2, 0) is 18.4 Å². The quantitative estimate of drug-likeness (QED) is 0.752. The third-order valence-electron chi connectivity index (χ3n) is 4.79. The molecule has 0 atom stereocenters. The van der Waals surface area contributed by atoms with E-state index in [1.807, 2.05) is 24.3 Å². The lowest BCUT2D eigenvalue weighted by molar-refractivity contribution is 0.0979. The molecule has 5 nitrogen and oxygen atoms in total. The number of halogens is 1. The van der Waals surface area contributed by atoms with Gasteiger partial charge in [-0.3, -0.25) is 4.79 Å². The molecule has 0 amide bonds. The van der Waals surface area contributed by atoms with Crippen LogP contribution < -0.4 is 5.73 Å². The van der Waals surface area contributed by atoms with E-state index >= 15 is 0 Å². The fourth-order valence-corrected chi connectivity index (χ4v) is 3.30. The molecule has 0 unspecified atom stereocenters. The summed E-state index contributed by atoms with van der Waals surface area (Å²) in [6.45, 7) is 2.15. The second kappa shape index (κ2) is 8.59. The number of nitrogens with zero attached hydrogens (tertiary/aromatic N) is 2. The maximum atomic E-state index is 12.3. The summed E-state index contributed by atoms with van der Waals surface area (Å²) in [6.07, 6.45) is 6.98. The van der Waals surface area contributed by atoms with Crippen LogP contribution in [0.25, 0.3) is 0 Å². The fourth-order valence-electron chi connectivity index (χ4n) is 3.30. The Morgan fingerprint density at radius 3 is 2.52 bits per heavy atom. The van der Waals surface area contributed by atoms with Gasteiger partial charge >= 0.3 is 0 Å². The summed E-state index contributed by atoms with van der Waals surface area (Å²) in [7, 11) is 0. The monoisotopic (exact) mass is 363 g/mol. The van der Waals surface area contributed by atoms with Gasteiger partial charge in [-0.25, -0.2) is 0 Å². The minimum Gasteiger partial charge on any atom is -0.339 e. The molecule has 0 radical (unpaired) electrons. The zero-order valence-electron chi connectivity index (χ0n) is 14.7. The predicted octanol–water partition coefficient (Wildman–Crippen LogP) is 3.99. The summed E-state index contributed by atoms with van der Waals surface area (Å²) in [4.78, 5) is 16.7. The number of Topliss-reactive ketones (excluding diaryl/α,β-unsaturated/α-hetero) is 1. The maximum absolute atomic E-state index is 12.3. The Kier molecular flexibility index (Phi) is 6.73. The summed E-state index contributed by atoms with van der Waals surface area (Å²) in [5, 5.41) is 4.03. The molecule has 1 aromatic carbocycles. The molecule has 6 heteroatoms. The minimum atomic E-state index is -0.444. The van der Waals surface area contributed by atoms with Crippen molar-refractivity contribution in [1.82, 2.24) is 10.1 Å². The maximum Gasteiger partial charge on any atom is 0.227 e. The molecule has 2 N–H and O–H groups in total. The molecule has 1 aliphatic rings. The van der Waals surface area contributed by atoms with Gasteiger partial charge in [-0.15, -0.1) is 12.4 Å². The number of rotatable bonds is 7. The molecule has 1 heterocycles. The second-order valence-corrected chi connectivity index (χ2v) is 6.75. The Bertz CT molecular complexity index is 691. The van der Waals surface area contributed by atoms with Gasteiger partial charge in [0.25, 0.3) is 0 Å². The number of carbonyl (C=O) groups excluding carboxylic acids is 1. The van der Waals surface area contributed by atoms with Crippen LogP contribution in [-0.4, -0.2) is 15.9 Å². The highest BCUT2D eigenvalue weighted by molar-refractivity contribution is 5.96. The zero-order chi connectivity index (χ0) is 17.0. The van der Waals surface area contributed by atoms with Crippen molar-refractivity contribution in [2.45, 2.75) is 63.8 Å². The van der Waals surface area contributed by atoms with Crippen molar-refractivity contribution in [3.8, 4) is 0 Å². The first-order valence-electron chi connectivity index (χ1n) is 8.85. The van der Waals surface area contributed by atoms with E-state index in [1.165, 1.54) is 5.56 Å². The number of carbonyl (C=O) groups is 1. The highest BCUT2D eigenvalue weighted by Crippen LogP contribution is 2.34. The van der Waals surface area contributed by atoms with E-state index in [0.717, 1.165) is 44.1 Å². The lowest BCUT2D eigenvalue weighted by atomic mass is 9.98. The van der Waals surface area contributed by atoms with E-state index in [9.17, 15) is 4.79 Å². The second-order valence-electron chi connectivity index (χ2n) is 6.75. The van der Waals surface area contributed by atoms with E-state index in [4.69, 9.17) is 10.3 Å². The van der Waals surface area contributed by atoms with Crippen LogP contribution in [0, 0.1) is 0 Å². The molecular weight excluding hydrogens is 338 g/mol. The summed E-state index contributed by atoms with van der Waals surface area (Å²) in [5.74, 6) is 1.19. The van der Waals surface area contributed by atoms with Crippen LogP contribution in [0.15, 0.2) is 28.8 Å². The van der Waals surface area contributed by atoms with Crippen LogP contribution in [0.2, 0.25) is 0 Å². The van der Waals surface area contributed by atoms with Crippen LogP contribution >= 0.6 is 12.4 Å². The number of nitrogens with two attached hydrogens (primary N) is 1. The predicted molar refractivity (Wildman–Crippen MR) is 99.0 cm³/mol. The molecule has 3 rings (SSSR count). The first-order valence-corrected chi connectivity index (χ1v) is 8.85. The van der Waals surface area contributed by atoms with Crippen molar-refractivity contribution in [2.24, 2.45) is 5.73 Å². The third kappa shape index (κ3) is 4.67. The molecule has 136 valence electrons. The number of hydrogen-bond acceptors (Lipinski definition) is 5. The van der Waals surface area contributed by atoms with Crippen molar-refractivity contribution in [3.63, 3.8) is 0 Å². The van der Waals surface area contributed by atoms with E-state index < -0.39 is 5.54 Å². The molecule has 1 saturated carbocycles. The van der Waals surface area contributed by atoms with E-state index in [2.05, 4.69) is 17.1 Å². The lowest BCUT2D eigenvalue weighted by Gasteiger charge is -2.17. The van der Waals surface area contributed by atoms with Crippen LogP contribution in [0.5, 0.6) is 0 Å². The largest absolute Gasteiger partial charge is 0.339 e. The number of hydrogen-bond donors (Lipinski definition) is 1. The highest BCUT2D eigenvalue weighted by atomic mass is 35.5. The van der Waals surface area contributed by atoms with Crippen molar-refractivity contribution >= 4 is 18.2 Å². The molecule has 0 spiro atoms.